The predicted molar refractivity (Wildman–Crippen MR) is 382 cm³/mol. The van der Waals surface area contributed by atoms with Gasteiger partial charge in [0.2, 0.25) is 29.5 Å². The smallest absolute Gasteiger partial charge is 0.410 e. The fourth-order valence-electron chi connectivity index (χ4n) is 13.4. The van der Waals surface area contributed by atoms with E-state index in [0.29, 0.717) is 62.4 Å². The Kier molecular flexibility index (Phi) is 37.9. The number of unbranched alkanes of at least 4 members (excludes halogenated alkanes) is 2. The van der Waals surface area contributed by atoms with Crippen molar-refractivity contribution in [2.24, 2.45) is 53.1 Å². The molecular weight excluding hydrogens is 1290 g/mol. The molecule has 0 saturated carbocycles. The zero-order valence-corrected chi connectivity index (χ0v) is 62.5. The van der Waals surface area contributed by atoms with Crippen LogP contribution in [0.25, 0.3) is 0 Å². The summed E-state index contributed by atoms with van der Waals surface area (Å²) in [4.78, 5) is 160. The molecule has 8 amide bonds. The number of aliphatic carboxylic acids is 1. The molecule has 0 bridgehead atoms. The number of nitrogens with two attached hydrogens (primary N) is 1. The number of imide groups is 1. The van der Waals surface area contributed by atoms with Crippen LogP contribution in [0.5, 0.6) is 0 Å². The van der Waals surface area contributed by atoms with Gasteiger partial charge in [0.15, 0.2) is 11.6 Å². The summed E-state index contributed by atoms with van der Waals surface area (Å²) in [5.74, 6) is -5.56. The van der Waals surface area contributed by atoms with Crippen LogP contribution in [0.4, 0.5) is 15.3 Å². The van der Waals surface area contributed by atoms with E-state index >= 15 is 0 Å². The number of likely N-dealkylation sites (N-methyl/N-ethyl adjacent to an activating group) is 2. The van der Waals surface area contributed by atoms with Gasteiger partial charge in [-0.15, -0.1) is 0 Å². The number of carbonyl (C=O) groups excluding carboxylic acids is 11. The second-order valence-electron chi connectivity index (χ2n) is 27.9. The van der Waals surface area contributed by atoms with E-state index < -0.39 is 65.9 Å². The second kappa shape index (κ2) is 43.5. The highest BCUT2D eigenvalue weighted by Gasteiger charge is 2.43. The van der Waals surface area contributed by atoms with E-state index in [1.54, 1.807) is 65.5 Å². The zero-order valence-electron chi connectivity index (χ0n) is 61.6. The van der Waals surface area contributed by atoms with E-state index in [0.717, 1.165) is 24.8 Å². The van der Waals surface area contributed by atoms with E-state index in [4.69, 9.17) is 19.9 Å². The minimum absolute atomic E-state index is 0.00342. The van der Waals surface area contributed by atoms with Gasteiger partial charge in [-0.1, -0.05) is 118 Å². The quantitative estimate of drug-likeness (QED) is 0.0305. The molecule has 6 N–H and O–H groups in total. The number of hydrogen-bond donors (Lipinski definition) is 5. The first kappa shape index (κ1) is 86.1. The van der Waals surface area contributed by atoms with Crippen LogP contribution in [0, 0.1) is 47.3 Å². The third-order valence-corrected chi connectivity index (χ3v) is 20.2. The fourth-order valence-corrected chi connectivity index (χ4v) is 14.1. The molecule has 0 spiro atoms. The molecule has 0 aliphatic carbocycles. The van der Waals surface area contributed by atoms with Crippen molar-refractivity contribution in [1.82, 2.24) is 30.2 Å². The van der Waals surface area contributed by atoms with Crippen molar-refractivity contribution >= 4 is 88.2 Å². The molecule has 2 fully saturated rings. The minimum atomic E-state index is -0.983. The molecule has 2 aliphatic rings. The van der Waals surface area contributed by atoms with Gasteiger partial charge in [0, 0.05) is 102 Å². The normalized spacial score (nSPS) is 17.7. The van der Waals surface area contributed by atoms with Crippen LogP contribution in [0.15, 0.2) is 54.6 Å². The highest BCUT2D eigenvalue weighted by molar-refractivity contribution is 8.00. The molecular formula is C74H116N8O16S. The van der Waals surface area contributed by atoms with Crippen LogP contribution in [0.1, 0.15) is 170 Å². The number of Topliss-reactive ketones (excluding diaryl/α,β-unsaturated/α-hetero) is 4. The van der Waals surface area contributed by atoms with Crippen molar-refractivity contribution in [3.63, 3.8) is 0 Å². The summed E-state index contributed by atoms with van der Waals surface area (Å²) in [5.41, 5.74) is 7.13. The number of anilines is 1. The average molecular weight is 1410 g/mol. The van der Waals surface area contributed by atoms with E-state index in [2.05, 4.69) is 34.7 Å². The molecule has 2 aromatic rings. The van der Waals surface area contributed by atoms with Gasteiger partial charge in [0.25, 0.3) is 0 Å². The van der Waals surface area contributed by atoms with Crippen LogP contribution in [-0.2, 0) is 75.2 Å². The lowest BCUT2D eigenvalue weighted by Gasteiger charge is -2.38. The Labute approximate surface area is 591 Å². The topological polar surface area (TPSA) is 328 Å². The highest BCUT2D eigenvalue weighted by atomic mass is 32.2. The molecule has 2 saturated heterocycles. The van der Waals surface area contributed by atoms with Crippen molar-refractivity contribution in [2.45, 2.75) is 214 Å². The number of ketones is 4. The van der Waals surface area contributed by atoms with Crippen LogP contribution in [0.3, 0.4) is 0 Å². The first-order valence-electron chi connectivity index (χ1n) is 35.1. The maximum Gasteiger partial charge on any atom is 0.410 e. The van der Waals surface area contributed by atoms with Gasteiger partial charge >= 0.3 is 18.1 Å². The molecule has 25 heteroatoms. The summed E-state index contributed by atoms with van der Waals surface area (Å²) < 4.78 is 17.2. The maximum absolute atomic E-state index is 13.7. The number of nitrogens with one attached hydrogen (secondary N) is 3. The van der Waals surface area contributed by atoms with Crippen molar-refractivity contribution in [3.05, 3.63) is 65.7 Å². The fraction of sp³-hybridized carbons (Fsp3) is 0.676. The summed E-state index contributed by atoms with van der Waals surface area (Å²) in [7, 11) is 8.76. The van der Waals surface area contributed by atoms with E-state index in [-0.39, 0.29) is 146 Å². The second-order valence-corrected chi connectivity index (χ2v) is 28.9. The Morgan fingerprint density at radius 1 is 0.758 bits per heavy atom. The number of carboxylic acids is 1. The van der Waals surface area contributed by atoms with Gasteiger partial charge in [-0.2, -0.15) is 11.8 Å². The zero-order chi connectivity index (χ0) is 74.4. The van der Waals surface area contributed by atoms with E-state index in [1.807, 2.05) is 77.0 Å². The lowest BCUT2D eigenvalue weighted by molar-refractivity contribution is -0.146. The van der Waals surface area contributed by atoms with Gasteiger partial charge in [-0.25, -0.2) is 9.59 Å². The lowest BCUT2D eigenvalue weighted by atomic mass is 9.84. The van der Waals surface area contributed by atoms with Crippen LogP contribution in [0.2, 0.25) is 0 Å². The molecule has 554 valence electrons. The van der Waals surface area contributed by atoms with Gasteiger partial charge in [-0.3, -0.25) is 52.8 Å². The Bertz CT molecular complexity index is 2970. The molecule has 99 heavy (non-hydrogen) atoms. The summed E-state index contributed by atoms with van der Waals surface area (Å²) >= 11 is 1.36. The summed E-state index contributed by atoms with van der Waals surface area (Å²) in [6.45, 7) is 19.6. The molecule has 2 unspecified atom stereocenters. The number of thioether (sulfide) groups is 1. The van der Waals surface area contributed by atoms with E-state index in [9.17, 15) is 62.6 Å². The Hall–Kier alpha value is -7.09. The molecule has 0 aromatic heterocycles. The number of carboxylic acid groups (broad SMARTS) is 1. The number of carbonyl (C=O) groups is 12. The number of amides is 8. The third-order valence-electron chi connectivity index (χ3n) is 19.2. The predicted octanol–water partition coefficient (Wildman–Crippen LogP) is 9.17. The van der Waals surface area contributed by atoms with Gasteiger partial charge in [0.05, 0.1) is 47.9 Å². The standard InChI is InChI=1S/C44H68N6O10S.C30H48N2O6/c1-26(2)33(29(7)51)23-35(53)40(28(5)6)49(8)44(59)60-25-30-16-18-32(19-17-30)47-41(56)31(14-13-20-46-43(45)58)22-34(52)39(27(3)4)48-37(54)15-11-10-12-21-50-38(55)24-36(61-9)42(50)57;1-8-20(2)28(31(4)5)26(37-6)19-27(34)32-16-12-15-24(32)29(38-7)21(3)25(33)18-23(30(35)36)17-22-13-10-9-11-14-22/h16-19,26-28,31,33,36,39-40H,10-15,20-25H2,1-9H3,(H,47,56)(H,48,54)(H3,45,46,58);9-11,13-14,20-21,23-24,26,28-29H,8,12,15-19H2,1-7H3,(H,35,36)/t31-,33+,36?,39+,40+;20-,21-,23+,24-,26+,28?,29+/m10/s1. The highest BCUT2D eigenvalue weighted by Crippen LogP contribution is 2.32. The summed E-state index contributed by atoms with van der Waals surface area (Å²) in [6.07, 6.45) is 5.92. The maximum atomic E-state index is 13.7. The number of ether oxygens (including phenoxy) is 3. The van der Waals surface area contributed by atoms with Gasteiger partial charge in [-0.05, 0) is 119 Å². The Morgan fingerprint density at radius 2 is 1.40 bits per heavy atom. The monoisotopic (exact) mass is 1400 g/mol. The van der Waals surface area contributed by atoms with Gasteiger partial charge < -0.3 is 55.7 Å². The van der Waals surface area contributed by atoms with Crippen molar-refractivity contribution in [1.29, 1.82) is 0 Å². The number of likely N-dealkylation sites (tertiary alicyclic amines) is 2. The molecule has 2 heterocycles. The number of rotatable bonds is 43. The Morgan fingerprint density at radius 3 is 1.94 bits per heavy atom. The van der Waals surface area contributed by atoms with Gasteiger partial charge in [0.1, 0.15) is 18.2 Å². The first-order chi connectivity index (χ1) is 46.7. The SMILES string of the molecule is CC[C@H](C)C([C@@H](CC(=O)N1CCC[C@H]1[C@H](OC)[C@@H](C)C(=O)C[C@@H](Cc1ccccc1)C(=O)O)OC)N(C)C.CSC1CC(=O)N(CCCCCC(=O)N[C@H](C(=O)C[C@@H](CCCNC(N)=O)C(=O)Nc2ccc(COC(=O)N(C)[C@H](C(=O)C[C@H](C(C)=O)C(C)C)C(C)C)cc2)C(C)C)C1=O. The number of urea groups is 1. The number of primary amides is 1. The first-order valence-corrected chi connectivity index (χ1v) is 36.4. The summed E-state index contributed by atoms with van der Waals surface area (Å²) in [5, 5.41) is 17.6. The largest absolute Gasteiger partial charge is 0.481 e. The third kappa shape index (κ3) is 27.8. The lowest BCUT2D eigenvalue weighted by Crippen LogP contribution is -2.51. The van der Waals surface area contributed by atoms with Crippen molar-refractivity contribution < 1.29 is 76.9 Å². The molecule has 2 aromatic carbocycles. The minimum Gasteiger partial charge on any atom is -0.481 e. The van der Waals surface area contributed by atoms with Crippen LogP contribution >= 0.6 is 11.8 Å². The van der Waals surface area contributed by atoms with Crippen LogP contribution < -0.4 is 21.7 Å². The van der Waals surface area contributed by atoms with Crippen molar-refractivity contribution in [2.75, 3.05) is 66.6 Å². The number of hydrogen-bond acceptors (Lipinski definition) is 17. The van der Waals surface area contributed by atoms with Crippen molar-refractivity contribution in [3.8, 4) is 0 Å². The molecule has 4 rings (SSSR count). The van der Waals surface area contributed by atoms with E-state index in [1.165, 1.54) is 35.5 Å². The molecule has 2 aliphatic heterocycles. The number of benzene rings is 2. The Balaban J connectivity index is 0.000000573. The number of methoxy groups -OCH3 is 2. The number of nitrogens with zero attached hydrogens (tertiary/aromatic N) is 4. The molecule has 12 atom stereocenters. The average Bonchev–Trinajstić information content (AvgIpc) is 1.76. The van der Waals surface area contributed by atoms with Crippen LogP contribution in [-0.4, -0.2) is 198 Å². The molecule has 24 nitrogen and oxygen atoms in total. The molecule has 0 radical (unpaired) electrons. The summed E-state index contributed by atoms with van der Waals surface area (Å²) in [6, 6.07) is 13.5.